The molecule has 0 aromatic heterocycles. The van der Waals surface area contributed by atoms with E-state index in [9.17, 15) is 4.79 Å². The molecule has 3 rings (SSSR count). The van der Waals surface area contributed by atoms with Crippen LogP contribution in [0.1, 0.15) is 47.9 Å². The van der Waals surface area contributed by atoms with E-state index >= 15 is 0 Å². The first-order valence-electron chi connectivity index (χ1n) is 9.65. The second-order valence-electron chi connectivity index (χ2n) is 6.86. The molecule has 0 heterocycles. The molecular weight excluding hydrogens is 348 g/mol. The van der Waals surface area contributed by atoms with Gasteiger partial charge < -0.3 is 9.47 Å². The summed E-state index contributed by atoms with van der Waals surface area (Å²) in [5.74, 6) is 0.157. The Morgan fingerprint density at radius 3 is 1.96 bits per heavy atom. The van der Waals surface area contributed by atoms with Crippen molar-refractivity contribution in [3.63, 3.8) is 0 Å². The van der Waals surface area contributed by atoms with Crippen LogP contribution in [-0.2, 0) is 11.2 Å². The van der Waals surface area contributed by atoms with E-state index in [0.29, 0.717) is 11.3 Å². The molecule has 3 aromatic carbocycles. The summed E-state index contributed by atoms with van der Waals surface area (Å²) in [6, 6.07) is 23.5. The molecule has 0 aliphatic rings. The minimum Gasteiger partial charge on any atom is -0.423 e. The molecule has 1 unspecified atom stereocenters. The predicted molar refractivity (Wildman–Crippen MR) is 113 cm³/mol. The van der Waals surface area contributed by atoms with Crippen molar-refractivity contribution in [1.29, 1.82) is 0 Å². The normalized spacial score (nSPS) is 11.8. The van der Waals surface area contributed by atoms with Gasteiger partial charge in [0.15, 0.2) is 0 Å². The number of hydrogen-bond acceptors (Lipinski definition) is 3. The molecule has 3 nitrogen and oxygen atoms in total. The van der Waals surface area contributed by atoms with Crippen LogP contribution in [0.2, 0.25) is 0 Å². The third kappa shape index (κ3) is 4.87. The molecule has 0 fully saturated rings. The number of benzene rings is 3. The Kier molecular flexibility index (Phi) is 6.62. The Balaban J connectivity index is 1.66. The molecule has 28 heavy (non-hydrogen) atoms. The van der Waals surface area contributed by atoms with Crippen molar-refractivity contribution in [3.8, 4) is 16.9 Å². The van der Waals surface area contributed by atoms with Gasteiger partial charge >= 0.3 is 5.97 Å². The van der Waals surface area contributed by atoms with Crippen molar-refractivity contribution < 1.29 is 14.3 Å². The van der Waals surface area contributed by atoms with Crippen LogP contribution in [0.15, 0.2) is 72.8 Å². The molecule has 0 aliphatic carbocycles. The number of hydrogen-bond donors (Lipinski definition) is 0. The van der Waals surface area contributed by atoms with E-state index in [0.717, 1.165) is 29.5 Å². The predicted octanol–water partition coefficient (Wildman–Crippen LogP) is 6.23. The van der Waals surface area contributed by atoms with Gasteiger partial charge in [-0.2, -0.15) is 0 Å². The van der Waals surface area contributed by atoms with Crippen molar-refractivity contribution in [3.05, 3.63) is 89.5 Å². The summed E-state index contributed by atoms with van der Waals surface area (Å²) in [6.45, 7) is 4.15. The molecule has 0 spiro atoms. The largest absolute Gasteiger partial charge is 0.423 e. The molecule has 3 heteroatoms. The van der Waals surface area contributed by atoms with E-state index in [2.05, 4.69) is 31.2 Å². The van der Waals surface area contributed by atoms with E-state index in [1.165, 1.54) is 5.56 Å². The van der Waals surface area contributed by atoms with Crippen molar-refractivity contribution >= 4 is 5.97 Å². The highest BCUT2D eigenvalue weighted by molar-refractivity contribution is 5.91. The topological polar surface area (TPSA) is 35.5 Å². The fraction of sp³-hybridized carbons (Fsp3) is 0.240. The van der Waals surface area contributed by atoms with Gasteiger partial charge in [-0.25, -0.2) is 4.79 Å². The van der Waals surface area contributed by atoms with Gasteiger partial charge in [-0.1, -0.05) is 61.9 Å². The summed E-state index contributed by atoms with van der Waals surface area (Å²) in [5, 5.41) is 0. The number of aryl methyl sites for hydroxylation is 1. The lowest BCUT2D eigenvalue weighted by atomic mass is 10.0. The maximum Gasteiger partial charge on any atom is 0.343 e. The van der Waals surface area contributed by atoms with Crippen molar-refractivity contribution in [1.82, 2.24) is 0 Å². The average molecular weight is 374 g/mol. The maximum atomic E-state index is 12.4. The smallest absolute Gasteiger partial charge is 0.343 e. The Morgan fingerprint density at radius 1 is 0.857 bits per heavy atom. The highest BCUT2D eigenvalue weighted by Gasteiger charge is 2.10. The van der Waals surface area contributed by atoms with Gasteiger partial charge in [0, 0.05) is 7.11 Å². The summed E-state index contributed by atoms with van der Waals surface area (Å²) in [7, 11) is 1.67. The fourth-order valence-electron chi connectivity index (χ4n) is 3.06. The minimum atomic E-state index is -0.364. The van der Waals surface area contributed by atoms with Gasteiger partial charge in [-0.05, 0) is 59.9 Å². The summed E-state index contributed by atoms with van der Waals surface area (Å²) >= 11 is 0. The van der Waals surface area contributed by atoms with Crippen LogP contribution in [0.3, 0.4) is 0 Å². The molecular formula is C25H26O3. The molecule has 0 N–H and O–H groups in total. The van der Waals surface area contributed by atoms with Gasteiger partial charge in [0.05, 0.1) is 11.7 Å². The maximum absolute atomic E-state index is 12.4. The molecule has 0 saturated heterocycles. The molecule has 0 saturated carbocycles. The molecule has 0 aliphatic heterocycles. The molecule has 0 bridgehead atoms. The Bertz CT molecular complexity index is 894. The molecule has 0 amide bonds. The van der Waals surface area contributed by atoms with E-state index in [4.69, 9.17) is 9.47 Å². The Hall–Kier alpha value is -2.91. The van der Waals surface area contributed by atoms with Gasteiger partial charge in [-0.3, -0.25) is 0 Å². The lowest BCUT2D eigenvalue weighted by Gasteiger charge is -2.10. The third-order valence-electron chi connectivity index (χ3n) is 4.86. The molecule has 144 valence electrons. The summed E-state index contributed by atoms with van der Waals surface area (Å²) in [6.07, 6.45) is 2.24. The number of carbonyl (C=O) groups excluding carboxylic acids is 1. The number of carbonyl (C=O) groups is 1. The van der Waals surface area contributed by atoms with Crippen LogP contribution >= 0.6 is 0 Å². The Labute approximate surface area is 166 Å². The first-order chi connectivity index (χ1) is 13.6. The van der Waals surface area contributed by atoms with Gasteiger partial charge in [-0.15, -0.1) is 0 Å². The quantitative estimate of drug-likeness (QED) is 0.363. The van der Waals surface area contributed by atoms with Gasteiger partial charge in [0.2, 0.25) is 0 Å². The first kappa shape index (κ1) is 19.8. The van der Waals surface area contributed by atoms with Crippen LogP contribution in [0.5, 0.6) is 5.75 Å². The average Bonchev–Trinajstić information content (AvgIpc) is 2.74. The fourth-order valence-corrected chi connectivity index (χ4v) is 3.06. The molecule has 1 atom stereocenters. The number of methoxy groups -OCH3 is 1. The number of esters is 1. The number of ether oxygens (including phenoxy) is 2. The van der Waals surface area contributed by atoms with Gasteiger partial charge in [0.1, 0.15) is 5.75 Å². The SMILES string of the molecule is CCCc1ccc(-c2ccc(C(=O)Oc3ccc(C(C)OC)cc3)cc2)cc1. The third-order valence-corrected chi connectivity index (χ3v) is 4.86. The highest BCUT2D eigenvalue weighted by atomic mass is 16.5. The van der Waals surface area contributed by atoms with Crippen LogP contribution in [0.4, 0.5) is 0 Å². The molecule has 3 aromatic rings. The van der Waals surface area contributed by atoms with Gasteiger partial charge in [0.25, 0.3) is 0 Å². The zero-order valence-corrected chi connectivity index (χ0v) is 16.6. The van der Waals surface area contributed by atoms with E-state index < -0.39 is 0 Å². The summed E-state index contributed by atoms with van der Waals surface area (Å²) in [5.41, 5.74) is 5.13. The lowest BCUT2D eigenvalue weighted by Crippen LogP contribution is -2.08. The monoisotopic (exact) mass is 374 g/mol. The van der Waals surface area contributed by atoms with E-state index in [-0.39, 0.29) is 12.1 Å². The standard InChI is InChI=1S/C25H26O3/c1-4-5-19-6-8-21(9-7-19)22-10-12-23(13-11-22)25(26)28-24-16-14-20(15-17-24)18(2)27-3/h6-18H,4-5H2,1-3H3. The van der Waals surface area contributed by atoms with Crippen molar-refractivity contribution in [2.24, 2.45) is 0 Å². The summed E-state index contributed by atoms with van der Waals surface area (Å²) < 4.78 is 10.8. The zero-order valence-electron chi connectivity index (χ0n) is 16.6. The molecule has 0 radical (unpaired) electrons. The second kappa shape index (κ2) is 9.34. The second-order valence-corrected chi connectivity index (χ2v) is 6.86. The van der Waals surface area contributed by atoms with E-state index in [1.807, 2.05) is 31.2 Å². The lowest BCUT2D eigenvalue weighted by molar-refractivity contribution is 0.0734. The zero-order chi connectivity index (χ0) is 19.9. The number of rotatable bonds is 7. The summed E-state index contributed by atoms with van der Waals surface area (Å²) in [4.78, 5) is 12.4. The minimum absolute atomic E-state index is 0.00772. The van der Waals surface area contributed by atoms with Crippen LogP contribution < -0.4 is 4.74 Å². The van der Waals surface area contributed by atoms with Crippen LogP contribution in [0, 0.1) is 0 Å². The van der Waals surface area contributed by atoms with Crippen LogP contribution in [0.25, 0.3) is 11.1 Å². The van der Waals surface area contributed by atoms with Crippen LogP contribution in [-0.4, -0.2) is 13.1 Å². The van der Waals surface area contributed by atoms with Crippen molar-refractivity contribution in [2.75, 3.05) is 7.11 Å². The van der Waals surface area contributed by atoms with Crippen molar-refractivity contribution in [2.45, 2.75) is 32.8 Å². The van der Waals surface area contributed by atoms with E-state index in [1.54, 1.807) is 31.4 Å². The highest BCUT2D eigenvalue weighted by Crippen LogP contribution is 2.23. The first-order valence-corrected chi connectivity index (χ1v) is 9.65. The Morgan fingerprint density at radius 2 is 1.43 bits per heavy atom.